The number of hydrogen-bond acceptors (Lipinski definition) is 3. The van der Waals surface area contributed by atoms with E-state index < -0.39 is 0 Å². The molecule has 0 bridgehead atoms. The van der Waals surface area contributed by atoms with Gasteiger partial charge in [-0.05, 0) is 37.9 Å². The van der Waals surface area contributed by atoms with E-state index in [1.807, 2.05) is 0 Å². The molecule has 0 saturated carbocycles. The number of ether oxygens (including phenoxy) is 1. The van der Waals surface area contributed by atoms with E-state index >= 15 is 0 Å². The Morgan fingerprint density at radius 1 is 1.55 bits per heavy atom. The molecule has 0 fully saturated rings. The maximum atomic E-state index is 5.46. The van der Waals surface area contributed by atoms with Gasteiger partial charge in [0.2, 0.25) is 0 Å². The van der Waals surface area contributed by atoms with Crippen LogP contribution < -0.4 is 10.5 Å². The van der Waals surface area contributed by atoms with E-state index in [1.165, 1.54) is 0 Å². The zero-order valence-electron chi connectivity index (χ0n) is 5.77. The van der Waals surface area contributed by atoms with Crippen molar-refractivity contribution in [3.05, 3.63) is 15.1 Å². The van der Waals surface area contributed by atoms with Gasteiger partial charge in [-0.1, -0.05) is 0 Å². The molecule has 5 heteroatoms. The smallest absolute Gasteiger partial charge is 0.165 e. The highest BCUT2D eigenvalue weighted by molar-refractivity contribution is 9.11. The summed E-state index contributed by atoms with van der Waals surface area (Å²) in [5.74, 6) is 1.10. The Hall–Kier alpha value is -0.290. The van der Waals surface area contributed by atoms with Crippen molar-refractivity contribution in [1.29, 1.82) is 0 Å². The highest BCUT2D eigenvalue weighted by Gasteiger charge is 2.06. The fourth-order valence-electron chi connectivity index (χ4n) is 0.672. The first kappa shape index (κ1) is 8.80. The minimum absolute atomic E-state index is 0.449. The van der Waals surface area contributed by atoms with Crippen molar-refractivity contribution in [3.63, 3.8) is 0 Å². The molecule has 0 amide bonds. The number of hydrogen-bond donors (Lipinski definition) is 1. The summed E-state index contributed by atoms with van der Waals surface area (Å²) in [6, 6.07) is 1.68. The van der Waals surface area contributed by atoms with Gasteiger partial charge in [0.15, 0.2) is 10.4 Å². The average molecular weight is 282 g/mol. The Bertz CT molecular complexity index is 254. The van der Waals surface area contributed by atoms with E-state index in [0.29, 0.717) is 16.2 Å². The average Bonchev–Trinajstić information content (AvgIpc) is 1.85. The molecule has 0 aliphatic carbocycles. The molecule has 1 heterocycles. The highest BCUT2D eigenvalue weighted by atomic mass is 79.9. The van der Waals surface area contributed by atoms with E-state index in [2.05, 4.69) is 36.8 Å². The third-order valence-electron chi connectivity index (χ3n) is 1.11. The van der Waals surface area contributed by atoms with Crippen LogP contribution in [0.3, 0.4) is 0 Å². The molecule has 0 spiro atoms. The second-order valence-corrected chi connectivity index (χ2v) is 3.46. The SMILES string of the molecule is COc1c(Br)cc(N)nc1Br. The van der Waals surface area contributed by atoms with Crippen molar-refractivity contribution < 1.29 is 4.74 Å². The zero-order chi connectivity index (χ0) is 8.43. The van der Waals surface area contributed by atoms with Crippen LogP contribution in [0.15, 0.2) is 15.1 Å². The number of nitrogens with two attached hydrogens (primary N) is 1. The quantitative estimate of drug-likeness (QED) is 0.803. The van der Waals surface area contributed by atoms with Crippen molar-refractivity contribution >= 4 is 37.7 Å². The Kier molecular flexibility index (Phi) is 2.72. The summed E-state index contributed by atoms with van der Waals surface area (Å²) < 4.78 is 6.41. The first-order chi connectivity index (χ1) is 5.15. The van der Waals surface area contributed by atoms with E-state index in [9.17, 15) is 0 Å². The van der Waals surface area contributed by atoms with E-state index in [4.69, 9.17) is 10.5 Å². The lowest BCUT2D eigenvalue weighted by Gasteiger charge is -2.04. The van der Waals surface area contributed by atoms with Gasteiger partial charge in [-0.3, -0.25) is 0 Å². The summed E-state index contributed by atoms with van der Waals surface area (Å²) >= 11 is 6.50. The van der Waals surface area contributed by atoms with Gasteiger partial charge in [-0.15, -0.1) is 0 Å². The summed E-state index contributed by atoms with van der Waals surface area (Å²) in [6.07, 6.45) is 0. The summed E-state index contributed by atoms with van der Waals surface area (Å²) in [4.78, 5) is 3.94. The molecule has 3 nitrogen and oxygen atoms in total. The van der Waals surface area contributed by atoms with Crippen LogP contribution in [0.25, 0.3) is 0 Å². The summed E-state index contributed by atoms with van der Waals surface area (Å²) in [5.41, 5.74) is 5.46. The molecule has 1 aromatic rings. The van der Waals surface area contributed by atoms with Gasteiger partial charge >= 0.3 is 0 Å². The summed E-state index contributed by atoms with van der Waals surface area (Å²) in [7, 11) is 1.57. The number of nitrogens with zero attached hydrogens (tertiary/aromatic N) is 1. The normalized spacial score (nSPS) is 9.73. The Labute approximate surface area is 81.2 Å². The molecule has 11 heavy (non-hydrogen) atoms. The van der Waals surface area contributed by atoms with Crippen LogP contribution >= 0.6 is 31.9 Å². The molecule has 60 valence electrons. The lowest BCUT2D eigenvalue weighted by Crippen LogP contribution is -1.94. The Morgan fingerprint density at radius 3 is 2.64 bits per heavy atom. The fourth-order valence-corrected chi connectivity index (χ4v) is 2.10. The number of anilines is 1. The minimum Gasteiger partial charge on any atom is -0.493 e. The van der Waals surface area contributed by atoms with Crippen LogP contribution in [-0.2, 0) is 0 Å². The van der Waals surface area contributed by atoms with Crippen LogP contribution in [0.2, 0.25) is 0 Å². The van der Waals surface area contributed by atoms with Gasteiger partial charge in [0.1, 0.15) is 5.82 Å². The van der Waals surface area contributed by atoms with Gasteiger partial charge in [-0.25, -0.2) is 4.98 Å². The molecule has 0 radical (unpaired) electrons. The van der Waals surface area contributed by atoms with Crippen LogP contribution in [0.4, 0.5) is 5.82 Å². The number of nitrogen functional groups attached to an aromatic ring is 1. The van der Waals surface area contributed by atoms with Crippen LogP contribution in [-0.4, -0.2) is 12.1 Å². The summed E-state index contributed by atoms with van der Waals surface area (Å²) in [6.45, 7) is 0. The van der Waals surface area contributed by atoms with Crippen molar-refractivity contribution in [2.24, 2.45) is 0 Å². The largest absolute Gasteiger partial charge is 0.493 e. The van der Waals surface area contributed by atoms with Gasteiger partial charge in [0.05, 0.1) is 11.6 Å². The predicted octanol–water partition coefficient (Wildman–Crippen LogP) is 2.20. The second-order valence-electron chi connectivity index (χ2n) is 1.85. The van der Waals surface area contributed by atoms with Gasteiger partial charge in [0, 0.05) is 0 Å². The third-order valence-corrected chi connectivity index (χ3v) is 2.24. The monoisotopic (exact) mass is 280 g/mol. The number of methoxy groups -OCH3 is 1. The molecule has 1 rings (SSSR count). The zero-order valence-corrected chi connectivity index (χ0v) is 8.94. The topological polar surface area (TPSA) is 48.1 Å². The molecule has 0 aliphatic heterocycles. The van der Waals surface area contributed by atoms with Crippen molar-refractivity contribution in [1.82, 2.24) is 4.98 Å². The number of aromatic nitrogens is 1. The second kappa shape index (κ2) is 3.40. The van der Waals surface area contributed by atoms with E-state index in [1.54, 1.807) is 13.2 Å². The van der Waals surface area contributed by atoms with Gasteiger partial charge in [0.25, 0.3) is 0 Å². The maximum absolute atomic E-state index is 5.46. The first-order valence-electron chi connectivity index (χ1n) is 2.80. The number of pyridine rings is 1. The van der Waals surface area contributed by atoms with Gasteiger partial charge < -0.3 is 10.5 Å². The van der Waals surface area contributed by atoms with Crippen LogP contribution in [0.1, 0.15) is 0 Å². The summed E-state index contributed by atoms with van der Waals surface area (Å²) in [5, 5.41) is 0. The van der Waals surface area contributed by atoms with Gasteiger partial charge in [-0.2, -0.15) is 0 Å². The number of halogens is 2. The first-order valence-corrected chi connectivity index (χ1v) is 4.39. The van der Waals surface area contributed by atoms with Crippen molar-refractivity contribution in [3.8, 4) is 5.75 Å². The lowest BCUT2D eigenvalue weighted by molar-refractivity contribution is 0.407. The van der Waals surface area contributed by atoms with Crippen molar-refractivity contribution in [2.75, 3.05) is 12.8 Å². The Balaban J connectivity index is 3.25. The van der Waals surface area contributed by atoms with Crippen LogP contribution in [0, 0.1) is 0 Å². The molecular weight excluding hydrogens is 276 g/mol. The molecule has 0 saturated heterocycles. The molecule has 2 N–H and O–H groups in total. The van der Waals surface area contributed by atoms with E-state index in [0.717, 1.165) is 4.47 Å². The molecular formula is C6H6Br2N2O. The predicted molar refractivity (Wildman–Crippen MR) is 50.6 cm³/mol. The molecule has 1 aromatic heterocycles. The fraction of sp³-hybridized carbons (Fsp3) is 0.167. The standard InChI is InChI=1S/C6H6Br2N2O/c1-11-5-3(7)2-4(9)10-6(5)8/h2H,1H3,(H2,9,10). The Morgan fingerprint density at radius 2 is 2.18 bits per heavy atom. The lowest BCUT2D eigenvalue weighted by atomic mass is 10.4. The number of rotatable bonds is 1. The molecule has 0 unspecified atom stereocenters. The highest BCUT2D eigenvalue weighted by Crippen LogP contribution is 2.32. The third kappa shape index (κ3) is 1.84. The van der Waals surface area contributed by atoms with Crippen molar-refractivity contribution in [2.45, 2.75) is 0 Å². The molecule has 0 atom stereocenters. The van der Waals surface area contributed by atoms with E-state index in [-0.39, 0.29) is 0 Å². The minimum atomic E-state index is 0.449. The molecule has 0 aromatic carbocycles. The molecule has 0 aliphatic rings. The van der Waals surface area contributed by atoms with Crippen LogP contribution in [0.5, 0.6) is 5.75 Å². The maximum Gasteiger partial charge on any atom is 0.165 e.